The third-order valence-corrected chi connectivity index (χ3v) is 1.61. The van der Waals surface area contributed by atoms with E-state index in [-0.39, 0.29) is 31.3 Å². The van der Waals surface area contributed by atoms with Crippen LogP contribution in [0.3, 0.4) is 0 Å². The molecule has 2 N–H and O–H groups in total. The summed E-state index contributed by atoms with van der Waals surface area (Å²) in [6.07, 6.45) is 1.14. The summed E-state index contributed by atoms with van der Waals surface area (Å²) in [6.45, 7) is -0.282. The van der Waals surface area contributed by atoms with Crippen molar-refractivity contribution in [3.8, 4) is 5.75 Å². The molecule has 0 aromatic heterocycles. The number of ether oxygens (including phenoxy) is 1. The smallest absolute Gasteiger partial charge is 0.162 e. The minimum absolute atomic E-state index is 0. The first kappa shape index (κ1) is 14.8. The van der Waals surface area contributed by atoms with E-state index < -0.39 is 17.5 Å². The van der Waals surface area contributed by atoms with Crippen LogP contribution in [0.1, 0.15) is 0 Å². The van der Waals surface area contributed by atoms with Gasteiger partial charge in [-0.2, -0.15) is 0 Å². The van der Waals surface area contributed by atoms with E-state index in [2.05, 4.69) is 0 Å². The molecular weight excluding hydrogens is 243 g/mol. The average molecular weight is 254 g/mol. The Hall–Kier alpha value is -1.20. The summed E-state index contributed by atoms with van der Waals surface area (Å²) in [4.78, 5) is 0. The zero-order chi connectivity index (χ0) is 11.3. The molecule has 1 rings (SSSR count). The zero-order valence-electron chi connectivity index (χ0n) is 8.25. The van der Waals surface area contributed by atoms with Crippen LogP contribution in [-0.2, 0) is 0 Å². The van der Waals surface area contributed by atoms with Gasteiger partial charge in [0.15, 0.2) is 11.6 Å². The van der Waals surface area contributed by atoms with E-state index in [0.717, 1.165) is 18.2 Å². The molecule has 0 aliphatic carbocycles. The summed E-state index contributed by atoms with van der Waals surface area (Å²) in [6, 6.07) is 2.98. The molecule has 90 valence electrons. The van der Waals surface area contributed by atoms with Gasteiger partial charge in [0.1, 0.15) is 18.2 Å². The first-order valence-electron chi connectivity index (χ1n) is 4.26. The highest BCUT2D eigenvalue weighted by Gasteiger charge is 2.03. The summed E-state index contributed by atoms with van der Waals surface area (Å²) < 4.78 is 42.8. The SMILES string of the molecule is Cl.NC/C=C(\F)COc1ccc(F)c(F)c1. The minimum atomic E-state index is -1.03. The second-order valence-electron chi connectivity index (χ2n) is 2.75. The first-order chi connectivity index (χ1) is 7.13. The standard InChI is InChI=1S/C10H10F3NO.ClH/c11-7(3-4-14)6-15-8-1-2-9(12)10(13)5-8;/h1-3,5H,4,6,14H2;1H/b7-3-;. The Bertz CT molecular complexity index is 371. The Morgan fingerprint density at radius 1 is 1.31 bits per heavy atom. The van der Waals surface area contributed by atoms with Gasteiger partial charge in [-0.3, -0.25) is 0 Å². The van der Waals surface area contributed by atoms with Crippen molar-refractivity contribution < 1.29 is 17.9 Å². The molecule has 1 aromatic rings. The van der Waals surface area contributed by atoms with Crippen LogP contribution in [0, 0.1) is 11.6 Å². The van der Waals surface area contributed by atoms with Crippen molar-refractivity contribution in [1.82, 2.24) is 0 Å². The van der Waals surface area contributed by atoms with Crippen LogP contribution in [0.25, 0.3) is 0 Å². The van der Waals surface area contributed by atoms with E-state index in [1.807, 2.05) is 0 Å². The predicted octanol–water partition coefficient (Wildman–Crippen LogP) is 2.58. The largest absolute Gasteiger partial charge is 0.486 e. The van der Waals surface area contributed by atoms with Gasteiger partial charge in [0.2, 0.25) is 0 Å². The van der Waals surface area contributed by atoms with Gasteiger partial charge < -0.3 is 10.5 Å². The minimum Gasteiger partial charge on any atom is -0.486 e. The lowest BCUT2D eigenvalue weighted by molar-refractivity contribution is 0.315. The molecule has 0 aliphatic rings. The highest BCUT2D eigenvalue weighted by molar-refractivity contribution is 5.85. The molecule has 0 atom stereocenters. The van der Waals surface area contributed by atoms with Crippen LogP contribution in [0.2, 0.25) is 0 Å². The Kier molecular flexibility index (Phi) is 6.60. The quantitative estimate of drug-likeness (QED) is 0.895. The molecular formula is C10H11ClF3NO. The van der Waals surface area contributed by atoms with E-state index in [1.165, 1.54) is 6.07 Å². The van der Waals surface area contributed by atoms with E-state index >= 15 is 0 Å². The molecule has 0 spiro atoms. The number of benzene rings is 1. The maximum atomic E-state index is 12.8. The van der Waals surface area contributed by atoms with Crippen molar-refractivity contribution in [2.75, 3.05) is 13.2 Å². The van der Waals surface area contributed by atoms with Crippen molar-refractivity contribution in [3.63, 3.8) is 0 Å². The average Bonchev–Trinajstić information content (AvgIpc) is 2.20. The van der Waals surface area contributed by atoms with Crippen molar-refractivity contribution in [2.24, 2.45) is 5.73 Å². The highest BCUT2D eigenvalue weighted by atomic mass is 35.5. The molecule has 0 unspecified atom stereocenters. The van der Waals surface area contributed by atoms with Gasteiger partial charge in [0.25, 0.3) is 0 Å². The summed E-state index contributed by atoms with van der Waals surface area (Å²) >= 11 is 0. The fourth-order valence-corrected chi connectivity index (χ4v) is 0.906. The number of halogens is 4. The predicted molar refractivity (Wildman–Crippen MR) is 57.3 cm³/mol. The van der Waals surface area contributed by atoms with Crippen molar-refractivity contribution in [1.29, 1.82) is 0 Å². The monoisotopic (exact) mass is 253 g/mol. The molecule has 0 saturated heterocycles. The van der Waals surface area contributed by atoms with E-state index in [1.54, 1.807) is 0 Å². The van der Waals surface area contributed by atoms with Crippen molar-refractivity contribution in [2.45, 2.75) is 0 Å². The zero-order valence-corrected chi connectivity index (χ0v) is 9.07. The molecule has 0 radical (unpaired) electrons. The lowest BCUT2D eigenvalue weighted by atomic mass is 10.3. The second-order valence-corrected chi connectivity index (χ2v) is 2.75. The fraction of sp³-hybridized carbons (Fsp3) is 0.200. The topological polar surface area (TPSA) is 35.2 Å². The summed E-state index contributed by atoms with van der Waals surface area (Å²) in [7, 11) is 0. The van der Waals surface area contributed by atoms with Crippen molar-refractivity contribution in [3.05, 3.63) is 41.7 Å². The third kappa shape index (κ3) is 4.55. The Morgan fingerprint density at radius 2 is 2.00 bits per heavy atom. The van der Waals surface area contributed by atoms with E-state index in [0.29, 0.717) is 0 Å². The van der Waals surface area contributed by atoms with Gasteiger partial charge in [-0.05, 0) is 18.2 Å². The van der Waals surface area contributed by atoms with Gasteiger partial charge in [-0.1, -0.05) is 0 Å². The van der Waals surface area contributed by atoms with Gasteiger partial charge in [-0.15, -0.1) is 12.4 Å². The van der Waals surface area contributed by atoms with E-state index in [9.17, 15) is 13.2 Å². The van der Waals surface area contributed by atoms with Crippen LogP contribution in [0.5, 0.6) is 5.75 Å². The lowest BCUT2D eigenvalue weighted by Gasteiger charge is -2.04. The molecule has 6 heteroatoms. The number of hydrogen-bond acceptors (Lipinski definition) is 2. The van der Waals surface area contributed by atoms with Crippen LogP contribution in [-0.4, -0.2) is 13.2 Å². The number of nitrogens with two attached hydrogens (primary N) is 1. The Morgan fingerprint density at radius 3 is 2.56 bits per heavy atom. The molecule has 0 saturated carbocycles. The maximum Gasteiger partial charge on any atom is 0.162 e. The molecule has 0 fully saturated rings. The van der Waals surface area contributed by atoms with Crippen LogP contribution in [0.15, 0.2) is 30.1 Å². The molecule has 2 nitrogen and oxygen atoms in total. The second kappa shape index (κ2) is 7.14. The molecule has 1 aromatic carbocycles. The number of rotatable bonds is 4. The van der Waals surface area contributed by atoms with Gasteiger partial charge >= 0.3 is 0 Å². The third-order valence-electron chi connectivity index (χ3n) is 1.61. The summed E-state index contributed by atoms with van der Waals surface area (Å²) in [5.74, 6) is -2.49. The maximum absolute atomic E-state index is 12.8. The van der Waals surface area contributed by atoms with Crippen LogP contribution < -0.4 is 10.5 Å². The van der Waals surface area contributed by atoms with Gasteiger partial charge in [0.05, 0.1) is 0 Å². The summed E-state index contributed by atoms with van der Waals surface area (Å²) in [5.41, 5.74) is 5.06. The Balaban J connectivity index is 0.00000225. The molecule has 16 heavy (non-hydrogen) atoms. The lowest BCUT2D eigenvalue weighted by Crippen LogP contribution is -2.02. The van der Waals surface area contributed by atoms with Gasteiger partial charge in [0, 0.05) is 12.6 Å². The highest BCUT2D eigenvalue weighted by Crippen LogP contribution is 2.16. The number of hydrogen-bond donors (Lipinski definition) is 1. The first-order valence-corrected chi connectivity index (χ1v) is 4.26. The van der Waals surface area contributed by atoms with Crippen molar-refractivity contribution >= 4 is 12.4 Å². The Labute approximate surface area is 97.3 Å². The normalized spacial score (nSPS) is 10.9. The van der Waals surface area contributed by atoms with Crippen LogP contribution in [0.4, 0.5) is 13.2 Å². The van der Waals surface area contributed by atoms with Gasteiger partial charge in [-0.25, -0.2) is 13.2 Å². The van der Waals surface area contributed by atoms with Crippen LogP contribution >= 0.6 is 12.4 Å². The summed E-state index contributed by atoms with van der Waals surface area (Å²) in [5, 5.41) is 0. The molecule has 0 aliphatic heterocycles. The molecule has 0 amide bonds. The van der Waals surface area contributed by atoms with E-state index in [4.69, 9.17) is 10.5 Å². The fourth-order valence-electron chi connectivity index (χ4n) is 0.906. The molecule has 0 bridgehead atoms. The molecule has 0 heterocycles.